The fraction of sp³-hybridized carbons (Fsp3) is 0.524. The number of esters is 2. The van der Waals surface area contributed by atoms with Crippen LogP contribution in [-0.2, 0) is 23.8 Å². The van der Waals surface area contributed by atoms with Gasteiger partial charge in [-0.3, -0.25) is 9.59 Å². The quantitative estimate of drug-likeness (QED) is 0.0346. The largest absolute Gasteiger partial charge is 0.462 e. The highest BCUT2D eigenvalue weighted by Gasteiger charge is 2.17. The van der Waals surface area contributed by atoms with Gasteiger partial charge in [-0.05, 0) is 122 Å². The lowest BCUT2D eigenvalue weighted by Crippen LogP contribution is -2.29. The third-order valence-corrected chi connectivity index (χ3v) is 10.3. The summed E-state index contributed by atoms with van der Waals surface area (Å²) in [6, 6.07) is 0. The number of hydrogen-bond donors (Lipinski definition) is 0. The molecular formula is C63H96O5. The van der Waals surface area contributed by atoms with Crippen molar-refractivity contribution in [2.45, 2.75) is 194 Å². The first-order valence-electron chi connectivity index (χ1n) is 26.7. The molecule has 1 atom stereocenters. The summed E-state index contributed by atoms with van der Waals surface area (Å²) in [6.45, 7) is 7.26. The van der Waals surface area contributed by atoms with E-state index in [9.17, 15) is 9.59 Å². The van der Waals surface area contributed by atoms with Gasteiger partial charge in [0.1, 0.15) is 6.61 Å². The zero-order valence-electron chi connectivity index (χ0n) is 43.3. The highest BCUT2D eigenvalue weighted by molar-refractivity contribution is 5.71. The number of hydrogen-bond acceptors (Lipinski definition) is 5. The smallest absolute Gasteiger partial charge is 0.310 e. The third kappa shape index (κ3) is 53.9. The van der Waals surface area contributed by atoms with Crippen molar-refractivity contribution in [2.24, 2.45) is 0 Å². The predicted octanol–water partition coefficient (Wildman–Crippen LogP) is 18.4. The van der Waals surface area contributed by atoms with Crippen molar-refractivity contribution in [3.63, 3.8) is 0 Å². The van der Waals surface area contributed by atoms with E-state index >= 15 is 0 Å². The van der Waals surface area contributed by atoms with Crippen LogP contribution >= 0.6 is 0 Å². The van der Waals surface area contributed by atoms with E-state index in [1.807, 2.05) is 12.2 Å². The van der Waals surface area contributed by atoms with E-state index in [0.717, 1.165) is 116 Å². The minimum Gasteiger partial charge on any atom is -0.462 e. The van der Waals surface area contributed by atoms with Gasteiger partial charge in [0.25, 0.3) is 0 Å². The minimum absolute atomic E-state index is 0.00117. The van der Waals surface area contributed by atoms with Crippen LogP contribution in [0.4, 0.5) is 0 Å². The molecule has 0 spiro atoms. The molecule has 0 heterocycles. The molecule has 0 radical (unpaired) electrons. The molecule has 5 nitrogen and oxygen atoms in total. The van der Waals surface area contributed by atoms with Crippen LogP contribution in [0.15, 0.2) is 170 Å². The topological polar surface area (TPSA) is 61.8 Å². The van der Waals surface area contributed by atoms with Gasteiger partial charge in [-0.1, -0.05) is 223 Å². The van der Waals surface area contributed by atoms with E-state index in [-0.39, 0.29) is 31.6 Å². The summed E-state index contributed by atoms with van der Waals surface area (Å²) in [7, 11) is 0. The van der Waals surface area contributed by atoms with Crippen LogP contribution in [0.1, 0.15) is 188 Å². The first-order chi connectivity index (χ1) is 33.6. The van der Waals surface area contributed by atoms with E-state index in [4.69, 9.17) is 14.2 Å². The van der Waals surface area contributed by atoms with Gasteiger partial charge in [0.05, 0.1) is 13.0 Å². The Hall–Kier alpha value is -4.74. The second-order valence-electron chi connectivity index (χ2n) is 16.6. The molecule has 1 unspecified atom stereocenters. The minimum atomic E-state index is -0.634. The van der Waals surface area contributed by atoms with Gasteiger partial charge in [0.15, 0.2) is 6.10 Å². The number of rotatable bonds is 46. The lowest BCUT2D eigenvalue weighted by atomic mass is 10.1. The Balaban J connectivity index is 4.53. The van der Waals surface area contributed by atoms with E-state index in [1.54, 1.807) is 0 Å². The zero-order valence-corrected chi connectivity index (χ0v) is 43.3. The summed E-state index contributed by atoms with van der Waals surface area (Å²) >= 11 is 0. The van der Waals surface area contributed by atoms with E-state index in [0.29, 0.717) is 19.4 Å². The molecular weight excluding hydrogens is 837 g/mol. The maximum atomic E-state index is 12.8. The Labute approximate surface area is 417 Å². The molecule has 0 aromatic heterocycles. The second-order valence-corrected chi connectivity index (χ2v) is 16.6. The van der Waals surface area contributed by atoms with Crippen LogP contribution in [0, 0.1) is 0 Å². The molecule has 378 valence electrons. The molecule has 0 aliphatic rings. The molecule has 0 amide bonds. The van der Waals surface area contributed by atoms with Gasteiger partial charge in [-0.2, -0.15) is 0 Å². The molecule has 0 N–H and O–H groups in total. The maximum Gasteiger partial charge on any atom is 0.310 e. The predicted molar refractivity (Wildman–Crippen MR) is 297 cm³/mol. The van der Waals surface area contributed by atoms with Crippen molar-refractivity contribution >= 4 is 11.9 Å². The number of allylic oxidation sites excluding steroid dienone is 27. The Morgan fingerprint density at radius 3 is 1.06 bits per heavy atom. The molecule has 0 aliphatic carbocycles. The molecule has 0 fully saturated rings. The monoisotopic (exact) mass is 933 g/mol. The van der Waals surface area contributed by atoms with Crippen molar-refractivity contribution in [2.75, 3.05) is 19.8 Å². The van der Waals surface area contributed by atoms with Gasteiger partial charge < -0.3 is 14.2 Å². The number of carbonyl (C=O) groups is 2. The second kappa shape index (κ2) is 56.6. The Bertz CT molecular complexity index is 1570. The fourth-order valence-electron chi connectivity index (χ4n) is 6.43. The summed E-state index contributed by atoms with van der Waals surface area (Å²) < 4.78 is 17.3. The number of ether oxygens (including phenoxy) is 3. The van der Waals surface area contributed by atoms with Gasteiger partial charge in [-0.15, -0.1) is 0 Å². The van der Waals surface area contributed by atoms with Crippen molar-refractivity contribution in [3.05, 3.63) is 170 Å². The summed E-state index contributed by atoms with van der Waals surface area (Å²) in [6.07, 6.45) is 85.4. The first kappa shape index (κ1) is 63.3. The highest BCUT2D eigenvalue weighted by Crippen LogP contribution is 2.11. The molecule has 68 heavy (non-hydrogen) atoms. The lowest BCUT2D eigenvalue weighted by molar-refractivity contribution is -0.162. The average Bonchev–Trinajstić information content (AvgIpc) is 3.34. The van der Waals surface area contributed by atoms with E-state index in [2.05, 4.69) is 179 Å². The Kier molecular flexibility index (Phi) is 52.6. The van der Waals surface area contributed by atoms with Gasteiger partial charge in [0.2, 0.25) is 0 Å². The van der Waals surface area contributed by atoms with Crippen molar-refractivity contribution in [3.8, 4) is 0 Å². The molecule has 5 heteroatoms. The standard InChI is InChI=1S/C63H96O5/c1-4-7-10-13-16-19-22-25-28-30-31-32-34-37-40-43-46-49-52-55-58-66-59-61(68-63(65)57-54-51-48-45-42-39-35-27-24-21-18-15-12-9-6-3)60-67-62(64)56-53-50-47-44-41-38-36-33-29-26-23-20-17-14-11-8-5-2/h7-12,16-21,25-29,31-32,35-36,38,42,44-45,47,51,54,61H,4-6,13-15,22-24,30,33-34,37,39-41,43,46,48-50,52-53,55-60H2,1-3H3/b10-7-,11-8-,12-9-,19-16-,20-17-,21-18-,28-25-,29-26-,32-31-,35-27-,38-36-,45-42-,47-44-,54-51-. The van der Waals surface area contributed by atoms with Gasteiger partial charge in [-0.25, -0.2) is 0 Å². The molecule has 0 aromatic rings. The van der Waals surface area contributed by atoms with Crippen LogP contribution in [0.25, 0.3) is 0 Å². The maximum absolute atomic E-state index is 12.8. The van der Waals surface area contributed by atoms with Crippen molar-refractivity contribution in [1.29, 1.82) is 0 Å². The van der Waals surface area contributed by atoms with Crippen LogP contribution in [0.5, 0.6) is 0 Å². The fourth-order valence-corrected chi connectivity index (χ4v) is 6.43. The summed E-state index contributed by atoms with van der Waals surface area (Å²) in [4.78, 5) is 25.4. The number of carbonyl (C=O) groups excluding carboxylic acids is 2. The SMILES string of the molecule is CC/C=C\C/C=C\C/C=C\C/C=C\C/C=C\CCCC(=O)OCC(COCCCCCCCCC/C=C\C/C=C\C/C=C\C/C=C\CC)OC(=O)C/C=C\C/C=C\C/C=C\C/C=C\C/C=C\CC. The Morgan fingerprint density at radius 1 is 0.338 bits per heavy atom. The van der Waals surface area contributed by atoms with Gasteiger partial charge in [0, 0.05) is 13.0 Å². The van der Waals surface area contributed by atoms with Crippen LogP contribution in [0.2, 0.25) is 0 Å². The summed E-state index contributed by atoms with van der Waals surface area (Å²) in [5.74, 6) is -0.633. The molecule has 0 aromatic carbocycles. The van der Waals surface area contributed by atoms with Gasteiger partial charge >= 0.3 is 11.9 Å². The molecule has 0 bridgehead atoms. The number of unbranched alkanes of at least 4 members (excludes halogenated alkanes) is 8. The normalized spacial score (nSPS) is 13.6. The third-order valence-electron chi connectivity index (χ3n) is 10.3. The highest BCUT2D eigenvalue weighted by atomic mass is 16.6. The Morgan fingerprint density at radius 2 is 0.662 bits per heavy atom. The van der Waals surface area contributed by atoms with Crippen molar-refractivity contribution < 1.29 is 23.8 Å². The zero-order chi connectivity index (χ0) is 49.2. The molecule has 0 saturated heterocycles. The average molecular weight is 933 g/mol. The van der Waals surface area contributed by atoms with Crippen LogP contribution < -0.4 is 0 Å². The van der Waals surface area contributed by atoms with E-state index in [1.165, 1.54) is 32.1 Å². The summed E-state index contributed by atoms with van der Waals surface area (Å²) in [5.41, 5.74) is 0. The van der Waals surface area contributed by atoms with Crippen LogP contribution in [0.3, 0.4) is 0 Å². The lowest BCUT2D eigenvalue weighted by Gasteiger charge is -2.18. The molecule has 0 rings (SSSR count). The molecule has 0 saturated carbocycles. The molecule has 0 aliphatic heterocycles. The first-order valence-corrected chi connectivity index (χ1v) is 26.7. The van der Waals surface area contributed by atoms with Crippen LogP contribution in [-0.4, -0.2) is 37.9 Å². The summed E-state index contributed by atoms with van der Waals surface area (Å²) in [5, 5.41) is 0. The van der Waals surface area contributed by atoms with E-state index < -0.39 is 6.10 Å². The van der Waals surface area contributed by atoms with Crippen molar-refractivity contribution in [1.82, 2.24) is 0 Å².